The molecule has 1 amide bonds. The average molecular weight is 365 g/mol. The third kappa shape index (κ3) is 4.73. The van der Waals surface area contributed by atoms with Crippen molar-refractivity contribution in [1.29, 1.82) is 0 Å². The number of para-hydroxylation sites is 1. The number of hydrogen-bond acceptors (Lipinski definition) is 5. The minimum Gasteiger partial charge on any atom is -0.493 e. The minimum absolute atomic E-state index is 0.0866. The molecule has 0 unspecified atom stereocenters. The Morgan fingerprint density at radius 1 is 1.19 bits per heavy atom. The number of ether oxygens (including phenoxy) is 1. The van der Waals surface area contributed by atoms with Crippen LogP contribution in [0.25, 0.3) is 11.4 Å². The van der Waals surface area contributed by atoms with E-state index in [4.69, 9.17) is 9.26 Å². The summed E-state index contributed by atoms with van der Waals surface area (Å²) in [6.45, 7) is 6.48. The van der Waals surface area contributed by atoms with Gasteiger partial charge in [-0.3, -0.25) is 4.79 Å². The summed E-state index contributed by atoms with van der Waals surface area (Å²) in [5.41, 5.74) is 3.80. The van der Waals surface area contributed by atoms with Crippen molar-refractivity contribution in [2.45, 2.75) is 33.6 Å². The van der Waals surface area contributed by atoms with E-state index in [1.807, 2.05) is 63.2 Å². The molecule has 3 aromatic rings. The number of nitrogens with zero attached hydrogens (tertiary/aromatic N) is 2. The molecule has 6 heteroatoms. The Kier molecular flexibility index (Phi) is 5.86. The molecule has 0 radical (unpaired) electrons. The fourth-order valence-electron chi connectivity index (χ4n) is 2.79. The van der Waals surface area contributed by atoms with Crippen molar-refractivity contribution in [2.24, 2.45) is 0 Å². The number of aryl methyl sites for hydroxylation is 3. The van der Waals surface area contributed by atoms with E-state index in [-0.39, 0.29) is 12.3 Å². The number of carbonyl (C=O) groups excluding carboxylic acids is 1. The van der Waals surface area contributed by atoms with Crippen LogP contribution in [0.1, 0.15) is 30.4 Å². The number of benzene rings is 2. The molecule has 140 valence electrons. The van der Waals surface area contributed by atoms with Crippen LogP contribution in [-0.2, 0) is 11.2 Å². The van der Waals surface area contributed by atoms with E-state index in [9.17, 15) is 4.79 Å². The highest BCUT2D eigenvalue weighted by molar-refractivity contribution is 5.91. The maximum Gasteiger partial charge on any atom is 0.227 e. The molecule has 0 bridgehead atoms. The van der Waals surface area contributed by atoms with E-state index in [2.05, 4.69) is 15.5 Å². The van der Waals surface area contributed by atoms with Crippen molar-refractivity contribution < 1.29 is 14.1 Å². The second-order valence-corrected chi connectivity index (χ2v) is 6.31. The first kappa shape index (κ1) is 18.6. The number of nitrogens with one attached hydrogen (secondary N) is 1. The number of anilines is 1. The van der Waals surface area contributed by atoms with Gasteiger partial charge in [0.25, 0.3) is 0 Å². The van der Waals surface area contributed by atoms with Gasteiger partial charge in [0, 0.05) is 18.5 Å². The normalized spacial score (nSPS) is 10.6. The van der Waals surface area contributed by atoms with Gasteiger partial charge < -0.3 is 14.6 Å². The van der Waals surface area contributed by atoms with Gasteiger partial charge in [-0.1, -0.05) is 35.0 Å². The van der Waals surface area contributed by atoms with Crippen LogP contribution in [0.4, 0.5) is 5.69 Å². The molecule has 1 N–H and O–H groups in total. The van der Waals surface area contributed by atoms with Crippen LogP contribution in [0.3, 0.4) is 0 Å². The van der Waals surface area contributed by atoms with E-state index in [1.54, 1.807) is 0 Å². The highest BCUT2D eigenvalue weighted by Gasteiger charge is 2.14. The lowest BCUT2D eigenvalue weighted by Crippen LogP contribution is -2.13. The zero-order valence-corrected chi connectivity index (χ0v) is 15.8. The van der Waals surface area contributed by atoms with Crippen LogP contribution in [0.2, 0.25) is 0 Å². The van der Waals surface area contributed by atoms with E-state index < -0.39 is 0 Å². The number of rotatable bonds is 7. The molecule has 6 nitrogen and oxygen atoms in total. The highest BCUT2D eigenvalue weighted by Crippen LogP contribution is 2.27. The van der Waals surface area contributed by atoms with E-state index >= 15 is 0 Å². The summed E-state index contributed by atoms with van der Waals surface area (Å²) in [6.07, 6.45) is 0.641. The maximum absolute atomic E-state index is 12.2. The molecular weight excluding hydrogens is 342 g/mol. The fraction of sp³-hybridized carbons (Fsp3) is 0.286. The zero-order valence-electron chi connectivity index (χ0n) is 15.8. The Hall–Kier alpha value is -3.15. The van der Waals surface area contributed by atoms with Crippen molar-refractivity contribution in [3.05, 3.63) is 59.5 Å². The van der Waals surface area contributed by atoms with Gasteiger partial charge >= 0.3 is 0 Å². The van der Waals surface area contributed by atoms with Gasteiger partial charge in [0.05, 0.1) is 12.2 Å². The molecule has 0 aliphatic heterocycles. The summed E-state index contributed by atoms with van der Waals surface area (Å²) in [6, 6.07) is 13.5. The molecule has 0 saturated carbocycles. The van der Waals surface area contributed by atoms with Gasteiger partial charge in [0.2, 0.25) is 17.6 Å². The van der Waals surface area contributed by atoms with Crippen LogP contribution in [0.15, 0.2) is 47.0 Å². The first-order chi connectivity index (χ1) is 13.1. The third-order valence-electron chi connectivity index (χ3n) is 4.12. The van der Waals surface area contributed by atoms with Gasteiger partial charge in [-0.15, -0.1) is 0 Å². The summed E-state index contributed by atoms with van der Waals surface area (Å²) >= 11 is 0. The predicted octanol–water partition coefficient (Wildman–Crippen LogP) is 4.32. The molecule has 0 atom stereocenters. The van der Waals surface area contributed by atoms with E-state index in [0.717, 1.165) is 22.4 Å². The number of aromatic nitrogens is 2. The molecule has 0 spiro atoms. The highest BCUT2D eigenvalue weighted by atomic mass is 16.5. The van der Waals surface area contributed by atoms with Crippen molar-refractivity contribution in [3.63, 3.8) is 0 Å². The lowest BCUT2D eigenvalue weighted by Gasteiger charge is -2.08. The quantitative estimate of drug-likeness (QED) is 0.674. The molecule has 1 heterocycles. The van der Waals surface area contributed by atoms with Gasteiger partial charge in [0.15, 0.2) is 0 Å². The monoisotopic (exact) mass is 365 g/mol. The molecule has 0 aliphatic carbocycles. The fourth-order valence-corrected chi connectivity index (χ4v) is 2.79. The smallest absolute Gasteiger partial charge is 0.227 e. The molecular formula is C21H23N3O3. The molecule has 3 rings (SSSR count). The molecule has 0 aliphatic rings. The van der Waals surface area contributed by atoms with Crippen molar-refractivity contribution in [2.75, 3.05) is 11.9 Å². The van der Waals surface area contributed by atoms with Gasteiger partial charge in [0.1, 0.15) is 5.75 Å². The maximum atomic E-state index is 12.2. The van der Waals surface area contributed by atoms with Crippen LogP contribution in [-0.4, -0.2) is 22.7 Å². The largest absolute Gasteiger partial charge is 0.493 e. The molecule has 0 fully saturated rings. The summed E-state index contributed by atoms with van der Waals surface area (Å²) < 4.78 is 10.9. The van der Waals surface area contributed by atoms with Crippen LogP contribution >= 0.6 is 0 Å². The zero-order chi connectivity index (χ0) is 19.2. The summed E-state index contributed by atoms with van der Waals surface area (Å²) in [4.78, 5) is 16.6. The van der Waals surface area contributed by atoms with Crippen LogP contribution in [0, 0.1) is 13.8 Å². The standard InChI is InChI=1S/C21H23N3O3/c1-4-26-18-8-6-5-7-16(18)21-23-20(27-24-21)12-11-19(25)22-17-10-9-14(2)13-15(17)3/h5-10,13H,4,11-12H2,1-3H3,(H,22,25). The SMILES string of the molecule is CCOc1ccccc1-c1noc(CCC(=O)Nc2ccc(C)cc2C)n1. The molecule has 1 aromatic heterocycles. The van der Waals surface area contributed by atoms with Crippen LogP contribution < -0.4 is 10.1 Å². The Labute approximate surface area is 158 Å². The Bertz CT molecular complexity index is 934. The predicted molar refractivity (Wildman–Crippen MR) is 104 cm³/mol. The topological polar surface area (TPSA) is 77.2 Å². The summed E-state index contributed by atoms with van der Waals surface area (Å²) in [7, 11) is 0. The average Bonchev–Trinajstić information content (AvgIpc) is 3.12. The second kappa shape index (κ2) is 8.49. The Balaban J connectivity index is 1.62. The summed E-state index contributed by atoms with van der Waals surface area (Å²) in [5, 5.41) is 6.94. The molecule has 27 heavy (non-hydrogen) atoms. The van der Waals surface area contributed by atoms with Crippen molar-refractivity contribution in [3.8, 4) is 17.1 Å². The Morgan fingerprint density at radius 2 is 2.00 bits per heavy atom. The van der Waals surface area contributed by atoms with Crippen LogP contribution in [0.5, 0.6) is 5.75 Å². The van der Waals surface area contributed by atoms with Crippen molar-refractivity contribution >= 4 is 11.6 Å². The van der Waals surface area contributed by atoms with Gasteiger partial charge in [-0.2, -0.15) is 4.98 Å². The van der Waals surface area contributed by atoms with Crippen molar-refractivity contribution in [1.82, 2.24) is 10.1 Å². The lowest BCUT2D eigenvalue weighted by atomic mass is 10.1. The minimum atomic E-state index is -0.0866. The van der Waals surface area contributed by atoms with Gasteiger partial charge in [-0.25, -0.2) is 0 Å². The molecule has 0 saturated heterocycles. The number of carbonyl (C=O) groups is 1. The molecule has 2 aromatic carbocycles. The first-order valence-corrected chi connectivity index (χ1v) is 8.98. The third-order valence-corrected chi connectivity index (χ3v) is 4.12. The van der Waals surface area contributed by atoms with Gasteiger partial charge in [-0.05, 0) is 44.5 Å². The lowest BCUT2D eigenvalue weighted by molar-refractivity contribution is -0.116. The number of amides is 1. The summed E-state index contributed by atoms with van der Waals surface area (Å²) in [5.74, 6) is 1.51. The number of hydrogen-bond donors (Lipinski definition) is 1. The second-order valence-electron chi connectivity index (χ2n) is 6.31. The first-order valence-electron chi connectivity index (χ1n) is 8.98. The van der Waals surface area contributed by atoms with E-state index in [0.29, 0.717) is 30.5 Å². The van der Waals surface area contributed by atoms with E-state index in [1.165, 1.54) is 0 Å². The Morgan fingerprint density at radius 3 is 2.78 bits per heavy atom.